The number of carbonyl (C=O) groups excluding carboxylic acids is 1. The molecule has 1 amide bonds. The highest BCUT2D eigenvalue weighted by Gasteiger charge is 2.14. The topological polar surface area (TPSA) is 29.1 Å². The summed E-state index contributed by atoms with van der Waals surface area (Å²) in [6, 6.07) is 13.4. The Morgan fingerprint density at radius 3 is 2.67 bits per heavy atom. The average molecular weight is 367 g/mol. The van der Waals surface area contributed by atoms with Crippen LogP contribution in [0.2, 0.25) is 5.02 Å². The first-order valence-corrected chi connectivity index (χ1v) is 7.95. The predicted octanol–water partition coefficient (Wildman–Crippen LogP) is 4.77. The summed E-state index contributed by atoms with van der Waals surface area (Å²) in [5.41, 5.74) is 3.09. The van der Waals surface area contributed by atoms with Gasteiger partial charge in [-0.25, -0.2) is 0 Å². The smallest absolute Gasteiger partial charge is 0.252 e. The quantitative estimate of drug-likeness (QED) is 0.829. The molecule has 0 saturated carbocycles. The van der Waals surface area contributed by atoms with Gasteiger partial charge in [-0.15, -0.1) is 0 Å². The number of hydrogen-bond donors (Lipinski definition) is 1. The SMILES string of the molecule is Cc1ccccc1CC(C)NC(=O)c1ccc(Cl)cc1Br. The van der Waals surface area contributed by atoms with Crippen LogP contribution in [0, 0.1) is 6.92 Å². The molecule has 0 fully saturated rings. The molecule has 2 rings (SSSR count). The number of benzene rings is 2. The first kappa shape index (κ1) is 16.1. The summed E-state index contributed by atoms with van der Waals surface area (Å²) >= 11 is 9.26. The fraction of sp³-hybridized carbons (Fsp3) is 0.235. The van der Waals surface area contributed by atoms with E-state index in [1.54, 1.807) is 18.2 Å². The molecule has 1 atom stereocenters. The molecule has 0 bridgehead atoms. The summed E-state index contributed by atoms with van der Waals surface area (Å²) in [4.78, 5) is 12.3. The lowest BCUT2D eigenvalue weighted by Crippen LogP contribution is -2.34. The molecule has 0 radical (unpaired) electrons. The molecule has 2 aromatic rings. The number of halogens is 2. The molecule has 0 aliphatic heterocycles. The van der Waals surface area contributed by atoms with E-state index < -0.39 is 0 Å². The highest BCUT2D eigenvalue weighted by atomic mass is 79.9. The van der Waals surface area contributed by atoms with Crippen molar-refractivity contribution < 1.29 is 4.79 Å². The van der Waals surface area contributed by atoms with Crippen LogP contribution in [0.1, 0.15) is 28.4 Å². The van der Waals surface area contributed by atoms with E-state index in [1.807, 2.05) is 19.1 Å². The van der Waals surface area contributed by atoms with Gasteiger partial charge in [0.15, 0.2) is 0 Å². The molecule has 1 unspecified atom stereocenters. The Labute approximate surface area is 138 Å². The predicted molar refractivity (Wildman–Crippen MR) is 91.0 cm³/mol. The third kappa shape index (κ3) is 4.32. The summed E-state index contributed by atoms with van der Waals surface area (Å²) in [6.45, 7) is 4.09. The lowest BCUT2D eigenvalue weighted by Gasteiger charge is -2.16. The maximum Gasteiger partial charge on any atom is 0.252 e. The molecule has 0 saturated heterocycles. The van der Waals surface area contributed by atoms with Gasteiger partial charge in [0.25, 0.3) is 5.91 Å². The van der Waals surface area contributed by atoms with E-state index in [0.717, 1.165) is 6.42 Å². The minimum atomic E-state index is -0.0976. The van der Waals surface area contributed by atoms with E-state index in [1.165, 1.54) is 11.1 Å². The number of carbonyl (C=O) groups is 1. The van der Waals surface area contributed by atoms with Crippen molar-refractivity contribution in [2.45, 2.75) is 26.3 Å². The van der Waals surface area contributed by atoms with Crippen molar-refractivity contribution in [2.75, 3.05) is 0 Å². The zero-order valence-electron chi connectivity index (χ0n) is 12.0. The number of hydrogen-bond acceptors (Lipinski definition) is 1. The molecule has 0 heterocycles. The molecular formula is C17H17BrClNO. The van der Waals surface area contributed by atoms with Gasteiger partial charge in [0, 0.05) is 15.5 Å². The molecular weight excluding hydrogens is 350 g/mol. The third-order valence-corrected chi connectivity index (χ3v) is 4.23. The van der Waals surface area contributed by atoms with Gasteiger partial charge in [0.2, 0.25) is 0 Å². The second kappa shape index (κ2) is 7.10. The minimum absolute atomic E-state index is 0.0566. The molecule has 0 spiro atoms. The maximum absolute atomic E-state index is 12.3. The fourth-order valence-corrected chi connectivity index (χ4v) is 3.06. The van der Waals surface area contributed by atoms with E-state index in [0.29, 0.717) is 15.1 Å². The van der Waals surface area contributed by atoms with Crippen LogP contribution >= 0.6 is 27.5 Å². The summed E-state index contributed by atoms with van der Waals surface area (Å²) in [5.74, 6) is -0.0976. The first-order valence-electron chi connectivity index (χ1n) is 6.78. The molecule has 2 aromatic carbocycles. The maximum atomic E-state index is 12.3. The van der Waals surface area contributed by atoms with Crippen LogP contribution in [0.3, 0.4) is 0 Å². The van der Waals surface area contributed by atoms with Crippen LogP contribution < -0.4 is 5.32 Å². The van der Waals surface area contributed by atoms with Crippen LogP contribution in [0.5, 0.6) is 0 Å². The van der Waals surface area contributed by atoms with Gasteiger partial charge < -0.3 is 5.32 Å². The fourth-order valence-electron chi connectivity index (χ4n) is 2.20. The van der Waals surface area contributed by atoms with Gasteiger partial charge in [-0.1, -0.05) is 35.9 Å². The zero-order valence-corrected chi connectivity index (χ0v) is 14.3. The Morgan fingerprint density at radius 2 is 2.00 bits per heavy atom. The number of amides is 1. The number of aryl methyl sites for hydroxylation is 1. The van der Waals surface area contributed by atoms with Crippen molar-refractivity contribution in [3.63, 3.8) is 0 Å². The number of nitrogens with one attached hydrogen (secondary N) is 1. The highest BCUT2D eigenvalue weighted by molar-refractivity contribution is 9.10. The van der Waals surface area contributed by atoms with Crippen molar-refractivity contribution in [3.8, 4) is 0 Å². The molecule has 4 heteroatoms. The Hall–Kier alpha value is -1.32. The average Bonchev–Trinajstić information content (AvgIpc) is 2.41. The zero-order chi connectivity index (χ0) is 15.4. The van der Waals surface area contributed by atoms with E-state index in [2.05, 4.69) is 40.3 Å². The summed E-state index contributed by atoms with van der Waals surface area (Å²) in [6.07, 6.45) is 0.809. The van der Waals surface area contributed by atoms with Gasteiger partial charge in [-0.05, 0) is 65.5 Å². The van der Waals surface area contributed by atoms with Gasteiger partial charge >= 0.3 is 0 Å². The molecule has 1 N–H and O–H groups in total. The second-order valence-electron chi connectivity index (χ2n) is 5.13. The van der Waals surface area contributed by atoms with E-state index in [9.17, 15) is 4.79 Å². The molecule has 0 aromatic heterocycles. The Kier molecular flexibility index (Phi) is 5.43. The summed E-state index contributed by atoms with van der Waals surface area (Å²) in [5, 5.41) is 3.62. The lowest BCUT2D eigenvalue weighted by atomic mass is 10.0. The van der Waals surface area contributed by atoms with E-state index in [-0.39, 0.29) is 11.9 Å². The molecule has 21 heavy (non-hydrogen) atoms. The number of rotatable bonds is 4. The van der Waals surface area contributed by atoms with Crippen molar-refractivity contribution in [3.05, 3.63) is 68.7 Å². The summed E-state index contributed by atoms with van der Waals surface area (Å²) in [7, 11) is 0. The highest BCUT2D eigenvalue weighted by Crippen LogP contribution is 2.21. The van der Waals surface area contributed by atoms with Crippen LogP contribution in [0.4, 0.5) is 0 Å². The van der Waals surface area contributed by atoms with Crippen molar-refractivity contribution >= 4 is 33.4 Å². The first-order chi connectivity index (χ1) is 9.97. The third-order valence-electron chi connectivity index (χ3n) is 3.34. The van der Waals surface area contributed by atoms with Gasteiger partial charge in [0.05, 0.1) is 5.56 Å². The van der Waals surface area contributed by atoms with Crippen LogP contribution in [0.25, 0.3) is 0 Å². The monoisotopic (exact) mass is 365 g/mol. The van der Waals surface area contributed by atoms with Crippen LogP contribution in [-0.4, -0.2) is 11.9 Å². The van der Waals surface area contributed by atoms with Gasteiger partial charge in [-0.3, -0.25) is 4.79 Å². The Balaban J connectivity index is 2.04. The standard InChI is InChI=1S/C17H17BrClNO/c1-11-5-3-4-6-13(11)9-12(2)20-17(21)15-8-7-14(19)10-16(15)18/h3-8,10,12H,9H2,1-2H3,(H,20,21). The second-order valence-corrected chi connectivity index (χ2v) is 6.42. The molecule has 0 aliphatic carbocycles. The van der Waals surface area contributed by atoms with E-state index >= 15 is 0 Å². The lowest BCUT2D eigenvalue weighted by molar-refractivity contribution is 0.0939. The van der Waals surface area contributed by atoms with Crippen LogP contribution in [0.15, 0.2) is 46.9 Å². The summed E-state index contributed by atoms with van der Waals surface area (Å²) < 4.78 is 0.704. The van der Waals surface area contributed by atoms with Crippen LogP contribution in [-0.2, 0) is 6.42 Å². The van der Waals surface area contributed by atoms with Gasteiger partial charge in [0.1, 0.15) is 0 Å². The van der Waals surface area contributed by atoms with Crippen molar-refractivity contribution in [2.24, 2.45) is 0 Å². The van der Waals surface area contributed by atoms with Crippen molar-refractivity contribution in [1.29, 1.82) is 0 Å². The van der Waals surface area contributed by atoms with E-state index in [4.69, 9.17) is 11.6 Å². The molecule has 0 aliphatic rings. The molecule has 2 nitrogen and oxygen atoms in total. The molecule has 110 valence electrons. The van der Waals surface area contributed by atoms with Crippen molar-refractivity contribution in [1.82, 2.24) is 5.32 Å². The van der Waals surface area contributed by atoms with Gasteiger partial charge in [-0.2, -0.15) is 0 Å². The minimum Gasteiger partial charge on any atom is -0.349 e. The Bertz CT molecular complexity index is 657. The Morgan fingerprint density at radius 1 is 1.29 bits per heavy atom. The largest absolute Gasteiger partial charge is 0.349 e. The normalized spacial score (nSPS) is 12.0.